The van der Waals surface area contributed by atoms with Crippen molar-refractivity contribution in [1.29, 1.82) is 0 Å². The van der Waals surface area contributed by atoms with Gasteiger partial charge in [0.25, 0.3) is 5.69 Å². The van der Waals surface area contributed by atoms with E-state index in [9.17, 15) is 14.9 Å². The molecule has 7 nitrogen and oxygen atoms in total. The Morgan fingerprint density at radius 3 is 2.68 bits per heavy atom. The quantitative estimate of drug-likeness (QED) is 0.504. The molecule has 0 aliphatic carbocycles. The number of piperidine rings is 1. The maximum atomic E-state index is 11.4. The number of hydrogen-bond acceptors (Lipinski definition) is 6. The van der Waals surface area contributed by atoms with E-state index >= 15 is 0 Å². The molecule has 0 spiro atoms. The molecule has 7 heteroatoms. The van der Waals surface area contributed by atoms with Gasteiger partial charge in [0, 0.05) is 19.2 Å². The van der Waals surface area contributed by atoms with E-state index in [1.807, 2.05) is 4.90 Å². The van der Waals surface area contributed by atoms with Crippen LogP contribution in [0.3, 0.4) is 0 Å². The van der Waals surface area contributed by atoms with Crippen LogP contribution in [-0.4, -0.2) is 37.1 Å². The van der Waals surface area contributed by atoms with Crippen molar-refractivity contribution >= 4 is 17.3 Å². The average Bonchev–Trinajstić information content (AvgIpc) is 2.54. The number of esters is 1. The number of anilines is 1. The van der Waals surface area contributed by atoms with Crippen molar-refractivity contribution in [2.24, 2.45) is 5.73 Å². The molecule has 1 aliphatic heterocycles. The fourth-order valence-electron chi connectivity index (χ4n) is 2.73. The smallest absolute Gasteiger partial charge is 0.322 e. The fourth-order valence-corrected chi connectivity index (χ4v) is 2.73. The number of benzene rings is 1. The van der Waals surface area contributed by atoms with Crippen molar-refractivity contribution in [3.05, 3.63) is 33.9 Å². The molecule has 2 rings (SSSR count). The summed E-state index contributed by atoms with van der Waals surface area (Å²) in [5.74, 6) is -0.525. The average molecular weight is 307 g/mol. The Bertz CT molecular complexity index is 556. The summed E-state index contributed by atoms with van der Waals surface area (Å²) < 4.78 is 4.57. The van der Waals surface area contributed by atoms with E-state index in [4.69, 9.17) is 5.73 Å². The van der Waals surface area contributed by atoms with E-state index in [1.54, 1.807) is 12.1 Å². The van der Waals surface area contributed by atoms with Gasteiger partial charge in [-0.25, -0.2) is 0 Å². The molecular formula is C15H21N3O4. The van der Waals surface area contributed by atoms with Crippen LogP contribution in [0.4, 0.5) is 11.4 Å². The summed E-state index contributed by atoms with van der Waals surface area (Å²) in [4.78, 5) is 24.4. The first-order valence-corrected chi connectivity index (χ1v) is 7.38. The Morgan fingerprint density at radius 2 is 2.09 bits per heavy atom. The molecule has 1 heterocycles. The van der Waals surface area contributed by atoms with E-state index in [2.05, 4.69) is 4.74 Å². The SMILES string of the molecule is COC(=O)C(N)Cc1ccc(N2CCCCC2)c([N+](=O)[O-])c1. The van der Waals surface area contributed by atoms with Crippen molar-refractivity contribution < 1.29 is 14.5 Å². The van der Waals surface area contributed by atoms with Gasteiger partial charge >= 0.3 is 5.97 Å². The molecule has 1 unspecified atom stereocenters. The number of methoxy groups -OCH3 is 1. The Morgan fingerprint density at radius 1 is 1.41 bits per heavy atom. The Kier molecular flexibility index (Phi) is 5.32. The number of nitro groups is 1. The molecule has 1 aromatic carbocycles. The van der Waals surface area contributed by atoms with Crippen molar-refractivity contribution in [1.82, 2.24) is 0 Å². The third-order valence-corrected chi connectivity index (χ3v) is 3.89. The minimum absolute atomic E-state index is 0.0662. The topological polar surface area (TPSA) is 98.7 Å². The molecule has 0 radical (unpaired) electrons. The molecule has 0 saturated carbocycles. The first-order chi connectivity index (χ1) is 10.5. The van der Waals surface area contributed by atoms with Gasteiger partial charge in [0.2, 0.25) is 0 Å². The molecule has 1 aliphatic rings. The van der Waals surface area contributed by atoms with Crippen LogP contribution in [0.1, 0.15) is 24.8 Å². The number of carbonyl (C=O) groups excluding carboxylic acids is 1. The molecule has 0 amide bonds. The van der Waals surface area contributed by atoms with Crippen LogP contribution >= 0.6 is 0 Å². The lowest BCUT2D eigenvalue weighted by Crippen LogP contribution is -2.33. The van der Waals surface area contributed by atoms with E-state index in [1.165, 1.54) is 13.2 Å². The molecule has 120 valence electrons. The van der Waals surface area contributed by atoms with Gasteiger partial charge in [-0.3, -0.25) is 14.9 Å². The van der Waals surface area contributed by atoms with Crippen LogP contribution in [0.15, 0.2) is 18.2 Å². The highest BCUT2D eigenvalue weighted by Gasteiger charge is 2.23. The molecule has 1 fully saturated rings. The number of rotatable bonds is 5. The minimum atomic E-state index is -0.814. The fraction of sp³-hybridized carbons (Fsp3) is 0.533. The number of nitro benzene ring substituents is 1. The largest absolute Gasteiger partial charge is 0.468 e. The van der Waals surface area contributed by atoms with Gasteiger partial charge < -0.3 is 15.4 Å². The zero-order valence-electron chi connectivity index (χ0n) is 12.7. The second-order valence-electron chi connectivity index (χ2n) is 5.46. The van der Waals surface area contributed by atoms with Crippen molar-refractivity contribution in [3.63, 3.8) is 0 Å². The molecule has 1 aromatic rings. The van der Waals surface area contributed by atoms with Crippen molar-refractivity contribution in [2.75, 3.05) is 25.1 Å². The van der Waals surface area contributed by atoms with E-state index < -0.39 is 12.0 Å². The summed E-state index contributed by atoms with van der Waals surface area (Å²) in [7, 11) is 1.27. The normalized spacial score (nSPS) is 16.2. The van der Waals surface area contributed by atoms with Crippen molar-refractivity contribution in [3.8, 4) is 0 Å². The van der Waals surface area contributed by atoms with Gasteiger partial charge in [0.1, 0.15) is 11.7 Å². The molecule has 1 saturated heterocycles. The first-order valence-electron chi connectivity index (χ1n) is 7.38. The standard InChI is InChI=1S/C15H21N3O4/c1-22-15(19)12(16)9-11-5-6-13(14(10-11)18(20)21)17-7-3-2-4-8-17/h5-6,10,12H,2-4,7-9,16H2,1H3. The number of hydrogen-bond donors (Lipinski definition) is 1. The maximum absolute atomic E-state index is 11.4. The van der Waals surface area contributed by atoms with Gasteiger partial charge in [0.05, 0.1) is 12.0 Å². The van der Waals surface area contributed by atoms with Gasteiger partial charge in [-0.1, -0.05) is 6.07 Å². The molecular weight excluding hydrogens is 286 g/mol. The zero-order valence-corrected chi connectivity index (χ0v) is 12.7. The van der Waals surface area contributed by atoms with Crippen LogP contribution in [0.2, 0.25) is 0 Å². The van der Waals surface area contributed by atoms with E-state index in [-0.39, 0.29) is 17.0 Å². The summed E-state index contributed by atoms with van der Waals surface area (Å²) in [6, 6.07) is 4.24. The maximum Gasteiger partial charge on any atom is 0.322 e. The van der Waals surface area contributed by atoms with Crippen LogP contribution in [0.5, 0.6) is 0 Å². The zero-order chi connectivity index (χ0) is 16.1. The monoisotopic (exact) mass is 307 g/mol. The lowest BCUT2D eigenvalue weighted by molar-refractivity contribution is -0.384. The number of nitrogens with zero attached hydrogens (tertiary/aromatic N) is 2. The summed E-state index contributed by atoms with van der Waals surface area (Å²) >= 11 is 0. The lowest BCUT2D eigenvalue weighted by atomic mass is 10.0. The predicted octanol–water partition coefficient (Wildman–Crippen LogP) is 1.63. The minimum Gasteiger partial charge on any atom is -0.468 e. The molecule has 1 atom stereocenters. The van der Waals surface area contributed by atoms with Gasteiger partial charge in [-0.2, -0.15) is 0 Å². The highest BCUT2D eigenvalue weighted by molar-refractivity contribution is 5.76. The second kappa shape index (κ2) is 7.22. The first kappa shape index (κ1) is 16.2. The second-order valence-corrected chi connectivity index (χ2v) is 5.46. The summed E-state index contributed by atoms with van der Waals surface area (Å²) in [6.07, 6.45) is 3.47. The predicted molar refractivity (Wildman–Crippen MR) is 82.9 cm³/mol. The van der Waals surface area contributed by atoms with Crippen LogP contribution in [0.25, 0.3) is 0 Å². The Balaban J connectivity index is 2.23. The molecule has 0 aromatic heterocycles. The van der Waals surface area contributed by atoms with Crippen LogP contribution in [-0.2, 0) is 16.0 Å². The summed E-state index contributed by atoms with van der Waals surface area (Å²) in [6.45, 7) is 1.67. The Labute approximate surface area is 129 Å². The van der Waals surface area contributed by atoms with Crippen LogP contribution in [0, 0.1) is 10.1 Å². The number of carbonyl (C=O) groups is 1. The number of nitrogens with two attached hydrogens (primary N) is 1. The lowest BCUT2D eigenvalue weighted by Gasteiger charge is -2.28. The molecule has 22 heavy (non-hydrogen) atoms. The van der Waals surface area contributed by atoms with Gasteiger partial charge in [-0.15, -0.1) is 0 Å². The third kappa shape index (κ3) is 3.73. The molecule has 0 bridgehead atoms. The van der Waals surface area contributed by atoms with E-state index in [0.717, 1.165) is 32.4 Å². The van der Waals surface area contributed by atoms with Crippen LogP contribution < -0.4 is 10.6 Å². The van der Waals surface area contributed by atoms with Crippen molar-refractivity contribution in [2.45, 2.75) is 31.7 Å². The highest BCUT2D eigenvalue weighted by Crippen LogP contribution is 2.31. The Hall–Kier alpha value is -2.15. The van der Waals surface area contributed by atoms with Gasteiger partial charge in [-0.05, 0) is 37.3 Å². The highest BCUT2D eigenvalue weighted by atomic mass is 16.6. The summed E-state index contributed by atoms with van der Waals surface area (Å²) in [5.41, 5.74) is 7.07. The summed E-state index contributed by atoms with van der Waals surface area (Å²) in [5, 5.41) is 11.3. The number of ether oxygens (including phenoxy) is 1. The molecule has 2 N–H and O–H groups in total. The third-order valence-electron chi connectivity index (χ3n) is 3.89. The van der Waals surface area contributed by atoms with E-state index in [0.29, 0.717) is 11.3 Å². The van der Waals surface area contributed by atoms with Gasteiger partial charge in [0.15, 0.2) is 0 Å².